The molecule has 20 heavy (non-hydrogen) atoms. The number of benzene rings is 1. The van der Waals surface area contributed by atoms with Crippen LogP contribution in [0.1, 0.15) is 12.0 Å². The number of aromatic nitrogens is 1. The zero-order valence-electron chi connectivity index (χ0n) is 12.6. The van der Waals surface area contributed by atoms with Crippen LogP contribution in [0.15, 0.2) is 24.3 Å². The molecule has 4 nitrogen and oxygen atoms in total. The normalized spacial score (nSPS) is 11.1. The fourth-order valence-electron chi connectivity index (χ4n) is 2.25. The summed E-state index contributed by atoms with van der Waals surface area (Å²) in [6.45, 7) is 1.05. The number of hydrogen-bond acceptors (Lipinski definition) is 4. The molecule has 1 heterocycles. The van der Waals surface area contributed by atoms with Crippen molar-refractivity contribution < 1.29 is 9.47 Å². The van der Waals surface area contributed by atoms with E-state index in [0.29, 0.717) is 0 Å². The molecule has 0 atom stereocenters. The summed E-state index contributed by atoms with van der Waals surface area (Å²) in [5.41, 5.74) is 2.08. The molecule has 0 saturated carbocycles. The molecule has 0 saturated heterocycles. The molecular formula is C16H22N2O2. The molecule has 0 bridgehead atoms. The van der Waals surface area contributed by atoms with Crippen LogP contribution in [0.5, 0.6) is 11.6 Å². The number of methoxy groups -OCH3 is 2. The van der Waals surface area contributed by atoms with E-state index in [2.05, 4.69) is 30.0 Å². The van der Waals surface area contributed by atoms with E-state index in [-0.39, 0.29) is 0 Å². The lowest BCUT2D eigenvalue weighted by atomic mass is 10.1. The van der Waals surface area contributed by atoms with Gasteiger partial charge in [-0.15, -0.1) is 0 Å². The largest absolute Gasteiger partial charge is 0.497 e. The summed E-state index contributed by atoms with van der Waals surface area (Å²) < 4.78 is 10.7. The Hall–Kier alpha value is -1.81. The lowest BCUT2D eigenvalue weighted by molar-refractivity contribution is 0.383. The van der Waals surface area contributed by atoms with Crippen LogP contribution < -0.4 is 9.47 Å². The van der Waals surface area contributed by atoms with Gasteiger partial charge >= 0.3 is 0 Å². The van der Waals surface area contributed by atoms with Crippen LogP contribution >= 0.6 is 0 Å². The van der Waals surface area contributed by atoms with Gasteiger partial charge in [-0.25, -0.2) is 4.98 Å². The van der Waals surface area contributed by atoms with Gasteiger partial charge in [0.1, 0.15) is 5.75 Å². The van der Waals surface area contributed by atoms with Crippen molar-refractivity contribution in [3.05, 3.63) is 29.8 Å². The topological polar surface area (TPSA) is 34.6 Å². The van der Waals surface area contributed by atoms with Crippen LogP contribution in [-0.4, -0.2) is 44.7 Å². The van der Waals surface area contributed by atoms with Gasteiger partial charge in [-0.05, 0) is 57.7 Å². The zero-order valence-corrected chi connectivity index (χ0v) is 12.6. The molecule has 2 rings (SSSR count). The summed E-state index contributed by atoms with van der Waals surface area (Å²) in [6.07, 6.45) is 2.04. The Morgan fingerprint density at radius 1 is 1.10 bits per heavy atom. The van der Waals surface area contributed by atoms with Crippen LogP contribution in [0.2, 0.25) is 0 Å². The van der Waals surface area contributed by atoms with Gasteiger partial charge in [0.05, 0.1) is 19.7 Å². The van der Waals surface area contributed by atoms with E-state index in [9.17, 15) is 0 Å². The van der Waals surface area contributed by atoms with Gasteiger partial charge in [-0.3, -0.25) is 0 Å². The lowest BCUT2D eigenvalue weighted by Gasteiger charge is -2.12. The van der Waals surface area contributed by atoms with Crippen LogP contribution in [0.25, 0.3) is 10.9 Å². The Kier molecular flexibility index (Phi) is 4.79. The minimum atomic E-state index is 0.724. The summed E-state index contributed by atoms with van der Waals surface area (Å²) in [5.74, 6) is 1.57. The van der Waals surface area contributed by atoms with E-state index in [0.717, 1.165) is 47.5 Å². The Morgan fingerprint density at radius 3 is 2.55 bits per heavy atom. The van der Waals surface area contributed by atoms with Gasteiger partial charge < -0.3 is 14.4 Å². The van der Waals surface area contributed by atoms with Crippen molar-refractivity contribution in [1.82, 2.24) is 9.88 Å². The van der Waals surface area contributed by atoms with Gasteiger partial charge in [-0.1, -0.05) is 0 Å². The van der Waals surface area contributed by atoms with Crippen molar-refractivity contribution in [2.75, 3.05) is 34.9 Å². The third-order valence-electron chi connectivity index (χ3n) is 3.31. The molecule has 0 spiro atoms. The predicted molar refractivity (Wildman–Crippen MR) is 81.7 cm³/mol. The smallest absolute Gasteiger partial charge is 0.216 e. The predicted octanol–water partition coefficient (Wildman–Crippen LogP) is 2.75. The van der Waals surface area contributed by atoms with Crippen molar-refractivity contribution >= 4 is 10.9 Å². The highest BCUT2D eigenvalue weighted by Crippen LogP contribution is 2.26. The first kappa shape index (κ1) is 14.6. The minimum absolute atomic E-state index is 0.724. The van der Waals surface area contributed by atoms with Gasteiger partial charge in [0.2, 0.25) is 5.88 Å². The highest BCUT2D eigenvalue weighted by molar-refractivity contribution is 5.81. The summed E-state index contributed by atoms with van der Waals surface area (Å²) in [6, 6.07) is 8.04. The molecule has 2 aromatic rings. The molecule has 4 heteroatoms. The zero-order chi connectivity index (χ0) is 14.5. The van der Waals surface area contributed by atoms with Crippen LogP contribution in [-0.2, 0) is 6.42 Å². The number of nitrogens with zero attached hydrogens (tertiary/aromatic N) is 2. The molecule has 1 aromatic heterocycles. The van der Waals surface area contributed by atoms with Crippen molar-refractivity contribution in [3.8, 4) is 11.6 Å². The van der Waals surface area contributed by atoms with E-state index in [1.165, 1.54) is 0 Å². The maximum absolute atomic E-state index is 5.41. The third kappa shape index (κ3) is 3.39. The molecule has 0 fully saturated rings. The highest BCUT2D eigenvalue weighted by atomic mass is 16.5. The Labute approximate surface area is 120 Å². The summed E-state index contributed by atoms with van der Waals surface area (Å²) >= 11 is 0. The van der Waals surface area contributed by atoms with Crippen molar-refractivity contribution in [2.24, 2.45) is 0 Å². The third-order valence-corrected chi connectivity index (χ3v) is 3.31. The van der Waals surface area contributed by atoms with Crippen molar-refractivity contribution in [3.63, 3.8) is 0 Å². The fourth-order valence-corrected chi connectivity index (χ4v) is 2.25. The highest BCUT2D eigenvalue weighted by Gasteiger charge is 2.08. The monoisotopic (exact) mass is 274 g/mol. The molecule has 0 aliphatic carbocycles. The first-order valence-electron chi connectivity index (χ1n) is 6.80. The van der Waals surface area contributed by atoms with Gasteiger partial charge in [-0.2, -0.15) is 0 Å². The van der Waals surface area contributed by atoms with Crippen LogP contribution in [0.3, 0.4) is 0 Å². The molecule has 0 aliphatic heterocycles. The number of hydrogen-bond donors (Lipinski definition) is 0. The SMILES string of the molecule is COc1ccc2nc(OC)c(CCCN(C)C)cc2c1. The molecule has 1 aromatic carbocycles. The van der Waals surface area contributed by atoms with E-state index in [4.69, 9.17) is 9.47 Å². The first-order valence-corrected chi connectivity index (χ1v) is 6.80. The second kappa shape index (κ2) is 6.57. The second-order valence-electron chi connectivity index (χ2n) is 5.12. The number of rotatable bonds is 6. The Balaban J connectivity index is 2.30. The number of fused-ring (bicyclic) bond motifs is 1. The molecule has 0 unspecified atom stereocenters. The van der Waals surface area contributed by atoms with Gasteiger partial charge in [0.15, 0.2) is 0 Å². The number of ether oxygens (including phenoxy) is 2. The van der Waals surface area contributed by atoms with Crippen molar-refractivity contribution in [2.45, 2.75) is 12.8 Å². The minimum Gasteiger partial charge on any atom is -0.497 e. The Morgan fingerprint density at radius 2 is 1.90 bits per heavy atom. The molecule has 0 N–H and O–H groups in total. The van der Waals surface area contributed by atoms with E-state index in [1.54, 1.807) is 14.2 Å². The van der Waals surface area contributed by atoms with Gasteiger partial charge in [0, 0.05) is 10.9 Å². The number of pyridine rings is 1. The first-order chi connectivity index (χ1) is 9.63. The molecular weight excluding hydrogens is 252 g/mol. The Bertz CT molecular complexity index is 582. The van der Waals surface area contributed by atoms with Crippen molar-refractivity contribution in [1.29, 1.82) is 0 Å². The quantitative estimate of drug-likeness (QED) is 0.811. The average molecular weight is 274 g/mol. The van der Waals surface area contributed by atoms with Crippen LogP contribution in [0, 0.1) is 0 Å². The molecule has 0 radical (unpaired) electrons. The lowest BCUT2D eigenvalue weighted by Crippen LogP contribution is -2.13. The summed E-state index contributed by atoms with van der Waals surface area (Å²) in [7, 11) is 7.52. The second-order valence-corrected chi connectivity index (χ2v) is 5.12. The standard InChI is InChI=1S/C16H22N2O2/c1-18(2)9-5-6-12-10-13-11-14(19-3)7-8-15(13)17-16(12)20-4/h7-8,10-11H,5-6,9H2,1-4H3. The molecule has 0 aliphatic rings. The van der Waals surface area contributed by atoms with E-state index >= 15 is 0 Å². The number of aryl methyl sites for hydroxylation is 1. The van der Waals surface area contributed by atoms with E-state index in [1.807, 2.05) is 18.2 Å². The van der Waals surface area contributed by atoms with E-state index < -0.39 is 0 Å². The summed E-state index contributed by atoms with van der Waals surface area (Å²) in [5, 5.41) is 1.09. The fraction of sp³-hybridized carbons (Fsp3) is 0.438. The van der Waals surface area contributed by atoms with Crippen LogP contribution in [0.4, 0.5) is 0 Å². The van der Waals surface area contributed by atoms with Gasteiger partial charge in [0.25, 0.3) is 0 Å². The summed E-state index contributed by atoms with van der Waals surface area (Å²) in [4.78, 5) is 6.76. The maximum Gasteiger partial charge on any atom is 0.216 e. The average Bonchev–Trinajstić information content (AvgIpc) is 2.45. The molecule has 108 valence electrons. The maximum atomic E-state index is 5.41. The molecule has 0 amide bonds.